The summed E-state index contributed by atoms with van der Waals surface area (Å²) in [6.45, 7) is 1.22. The highest BCUT2D eigenvalue weighted by atomic mass is 14.9. The molecule has 1 aromatic carbocycles. The molecule has 1 heteroatoms. The third-order valence-electron chi connectivity index (χ3n) is 3.41. The number of hydrogen-bond acceptors (Lipinski definition) is 1. The predicted molar refractivity (Wildman–Crippen MR) is 58.4 cm³/mol. The number of fused-ring (bicyclic) bond motifs is 1. The van der Waals surface area contributed by atoms with E-state index in [0.717, 1.165) is 12.0 Å². The zero-order valence-electron chi connectivity index (χ0n) is 8.50. The van der Waals surface area contributed by atoms with E-state index in [1.807, 2.05) is 0 Å². The predicted octanol–water partition coefficient (Wildman–Crippen LogP) is 2.15. The molecular formula is C13H17N. The first kappa shape index (κ1) is 8.49. The third kappa shape index (κ3) is 1.69. The first-order valence-corrected chi connectivity index (χ1v) is 5.72. The van der Waals surface area contributed by atoms with Crippen LogP contribution in [-0.4, -0.2) is 12.6 Å². The van der Waals surface area contributed by atoms with Crippen molar-refractivity contribution in [3.05, 3.63) is 35.4 Å². The van der Waals surface area contributed by atoms with Crippen LogP contribution in [0.5, 0.6) is 0 Å². The van der Waals surface area contributed by atoms with E-state index in [1.165, 1.54) is 32.2 Å². The molecule has 0 radical (unpaired) electrons. The Bertz CT molecular complexity index is 303. The van der Waals surface area contributed by atoms with Crippen LogP contribution in [0.4, 0.5) is 0 Å². The number of nitrogens with one attached hydrogen (secondary N) is 1. The maximum atomic E-state index is 3.63. The van der Waals surface area contributed by atoms with Crippen LogP contribution < -0.4 is 5.32 Å². The van der Waals surface area contributed by atoms with Gasteiger partial charge in [-0.15, -0.1) is 0 Å². The van der Waals surface area contributed by atoms with Gasteiger partial charge in [-0.3, -0.25) is 0 Å². The molecule has 2 aliphatic rings. The van der Waals surface area contributed by atoms with Crippen LogP contribution in [-0.2, 0) is 12.8 Å². The fourth-order valence-corrected chi connectivity index (χ4v) is 2.42. The molecule has 74 valence electrons. The molecule has 0 bridgehead atoms. The molecule has 3 rings (SSSR count). The molecule has 0 spiro atoms. The summed E-state index contributed by atoms with van der Waals surface area (Å²) < 4.78 is 0. The Kier molecular flexibility index (Phi) is 2.06. The Morgan fingerprint density at radius 1 is 1.07 bits per heavy atom. The molecule has 1 fully saturated rings. The number of hydrogen-bond donors (Lipinski definition) is 1. The monoisotopic (exact) mass is 187 g/mol. The van der Waals surface area contributed by atoms with Gasteiger partial charge in [0, 0.05) is 6.04 Å². The largest absolute Gasteiger partial charge is 0.314 e. The molecule has 1 N–H and O–H groups in total. The highest BCUT2D eigenvalue weighted by molar-refractivity contribution is 5.32. The lowest BCUT2D eigenvalue weighted by atomic mass is 10.1. The summed E-state index contributed by atoms with van der Waals surface area (Å²) in [5.41, 5.74) is 3.16. The van der Waals surface area contributed by atoms with Gasteiger partial charge in [0.1, 0.15) is 0 Å². The van der Waals surface area contributed by atoms with Gasteiger partial charge in [-0.2, -0.15) is 0 Å². The van der Waals surface area contributed by atoms with Gasteiger partial charge in [-0.05, 0) is 49.3 Å². The average molecular weight is 187 g/mol. The maximum Gasteiger partial charge on any atom is 0.00683 e. The van der Waals surface area contributed by atoms with Gasteiger partial charge in [0.15, 0.2) is 0 Å². The van der Waals surface area contributed by atoms with Crippen LogP contribution in [0.25, 0.3) is 0 Å². The Morgan fingerprint density at radius 2 is 1.71 bits per heavy atom. The van der Waals surface area contributed by atoms with Crippen LogP contribution in [0.1, 0.15) is 24.0 Å². The molecule has 0 unspecified atom stereocenters. The minimum absolute atomic E-state index is 0.855. The summed E-state index contributed by atoms with van der Waals surface area (Å²) in [6, 6.07) is 9.75. The van der Waals surface area contributed by atoms with Gasteiger partial charge in [0.25, 0.3) is 0 Å². The van der Waals surface area contributed by atoms with E-state index >= 15 is 0 Å². The third-order valence-corrected chi connectivity index (χ3v) is 3.41. The van der Waals surface area contributed by atoms with Crippen LogP contribution in [0.3, 0.4) is 0 Å². The van der Waals surface area contributed by atoms with Crippen LogP contribution in [0.2, 0.25) is 0 Å². The van der Waals surface area contributed by atoms with Gasteiger partial charge in [0.2, 0.25) is 0 Å². The van der Waals surface area contributed by atoms with E-state index in [4.69, 9.17) is 0 Å². The van der Waals surface area contributed by atoms with Crippen molar-refractivity contribution in [2.45, 2.75) is 31.7 Å². The SMILES string of the molecule is c1ccc2c(c1)CC(CNC1CC1)C2. The van der Waals surface area contributed by atoms with Gasteiger partial charge < -0.3 is 5.32 Å². The Labute approximate surface area is 85.5 Å². The molecule has 0 aliphatic heterocycles. The van der Waals surface area contributed by atoms with Crippen LogP contribution in [0, 0.1) is 5.92 Å². The summed E-state index contributed by atoms with van der Waals surface area (Å²) in [6.07, 6.45) is 5.38. The normalized spacial score (nSPS) is 21.1. The van der Waals surface area contributed by atoms with Crippen molar-refractivity contribution >= 4 is 0 Å². The second kappa shape index (κ2) is 3.39. The quantitative estimate of drug-likeness (QED) is 0.764. The highest BCUT2D eigenvalue weighted by Gasteiger charge is 2.25. The lowest BCUT2D eigenvalue weighted by molar-refractivity contribution is 0.496. The smallest absolute Gasteiger partial charge is 0.00683 e. The highest BCUT2D eigenvalue weighted by Crippen LogP contribution is 2.27. The minimum Gasteiger partial charge on any atom is -0.314 e. The molecule has 0 aromatic heterocycles. The van der Waals surface area contributed by atoms with Gasteiger partial charge in [0.05, 0.1) is 0 Å². The first-order valence-electron chi connectivity index (χ1n) is 5.72. The number of rotatable bonds is 3. The van der Waals surface area contributed by atoms with Gasteiger partial charge in [-0.25, -0.2) is 0 Å². The zero-order valence-corrected chi connectivity index (χ0v) is 8.50. The molecule has 2 aliphatic carbocycles. The van der Waals surface area contributed by atoms with Crippen molar-refractivity contribution in [1.82, 2.24) is 5.32 Å². The topological polar surface area (TPSA) is 12.0 Å². The molecule has 0 atom stereocenters. The van der Waals surface area contributed by atoms with E-state index in [9.17, 15) is 0 Å². The molecule has 1 aromatic rings. The molecule has 14 heavy (non-hydrogen) atoms. The average Bonchev–Trinajstić information content (AvgIpc) is 2.94. The van der Waals surface area contributed by atoms with Crippen molar-refractivity contribution in [2.75, 3.05) is 6.54 Å². The maximum absolute atomic E-state index is 3.63. The second-order valence-electron chi connectivity index (χ2n) is 4.73. The van der Waals surface area contributed by atoms with E-state index < -0.39 is 0 Å². The Balaban J connectivity index is 1.60. The van der Waals surface area contributed by atoms with E-state index in [-0.39, 0.29) is 0 Å². The fraction of sp³-hybridized carbons (Fsp3) is 0.538. The standard InChI is InChI=1S/C13H17N/c1-2-4-12-8-10(7-11(12)3-1)9-14-13-5-6-13/h1-4,10,13-14H,5-9H2. The van der Waals surface area contributed by atoms with E-state index in [0.29, 0.717) is 0 Å². The van der Waals surface area contributed by atoms with Gasteiger partial charge in [-0.1, -0.05) is 24.3 Å². The zero-order chi connectivity index (χ0) is 9.38. The molecule has 1 nitrogen and oxygen atoms in total. The molecule has 0 saturated heterocycles. The van der Waals surface area contributed by atoms with Crippen molar-refractivity contribution in [3.63, 3.8) is 0 Å². The van der Waals surface area contributed by atoms with Crippen molar-refractivity contribution in [1.29, 1.82) is 0 Å². The van der Waals surface area contributed by atoms with Crippen LogP contribution in [0.15, 0.2) is 24.3 Å². The minimum atomic E-state index is 0.855. The summed E-state index contributed by atoms with van der Waals surface area (Å²) in [5.74, 6) is 0.855. The summed E-state index contributed by atoms with van der Waals surface area (Å²) >= 11 is 0. The van der Waals surface area contributed by atoms with Crippen molar-refractivity contribution in [3.8, 4) is 0 Å². The molecule has 0 amide bonds. The Hall–Kier alpha value is -0.820. The summed E-state index contributed by atoms with van der Waals surface area (Å²) in [7, 11) is 0. The van der Waals surface area contributed by atoms with Crippen molar-refractivity contribution < 1.29 is 0 Å². The van der Waals surface area contributed by atoms with Crippen LogP contribution >= 0.6 is 0 Å². The Morgan fingerprint density at radius 3 is 2.29 bits per heavy atom. The lowest BCUT2D eigenvalue weighted by Crippen LogP contribution is -2.24. The van der Waals surface area contributed by atoms with E-state index in [1.54, 1.807) is 11.1 Å². The fourth-order valence-electron chi connectivity index (χ4n) is 2.42. The van der Waals surface area contributed by atoms with Gasteiger partial charge >= 0.3 is 0 Å². The summed E-state index contributed by atoms with van der Waals surface area (Å²) in [5, 5.41) is 3.63. The first-order chi connectivity index (χ1) is 6.92. The van der Waals surface area contributed by atoms with E-state index in [2.05, 4.69) is 29.6 Å². The molecular weight excluding hydrogens is 170 g/mol. The molecule has 1 saturated carbocycles. The lowest BCUT2D eigenvalue weighted by Gasteiger charge is -2.09. The molecule has 0 heterocycles. The number of benzene rings is 1. The van der Waals surface area contributed by atoms with Crippen molar-refractivity contribution in [2.24, 2.45) is 5.92 Å². The second-order valence-corrected chi connectivity index (χ2v) is 4.73. The summed E-state index contributed by atoms with van der Waals surface area (Å²) in [4.78, 5) is 0.